The Morgan fingerprint density at radius 3 is 2.79 bits per heavy atom. The van der Waals surface area contributed by atoms with Gasteiger partial charge in [0.1, 0.15) is 6.61 Å². The van der Waals surface area contributed by atoms with Crippen molar-refractivity contribution in [3.8, 4) is 0 Å². The maximum atomic E-state index is 5.84. The van der Waals surface area contributed by atoms with E-state index in [1.807, 2.05) is 20.8 Å². The van der Waals surface area contributed by atoms with E-state index in [0.29, 0.717) is 24.9 Å². The summed E-state index contributed by atoms with van der Waals surface area (Å²) in [6.07, 6.45) is 0. The van der Waals surface area contributed by atoms with E-state index in [0.717, 1.165) is 0 Å². The lowest BCUT2D eigenvalue weighted by atomic mass is 10.1. The van der Waals surface area contributed by atoms with Gasteiger partial charge in [0, 0.05) is 6.61 Å². The van der Waals surface area contributed by atoms with Gasteiger partial charge < -0.3 is 15.0 Å². The highest BCUT2D eigenvalue weighted by Crippen LogP contribution is 2.16. The van der Waals surface area contributed by atoms with Gasteiger partial charge in [-0.2, -0.15) is 4.98 Å². The maximum Gasteiger partial charge on any atom is 0.243 e. The van der Waals surface area contributed by atoms with Crippen molar-refractivity contribution in [1.82, 2.24) is 10.1 Å². The van der Waals surface area contributed by atoms with E-state index in [9.17, 15) is 0 Å². The predicted molar refractivity (Wildman–Crippen MR) is 51.4 cm³/mol. The first-order valence-corrected chi connectivity index (χ1v) is 4.81. The van der Waals surface area contributed by atoms with Gasteiger partial charge in [-0.15, -0.1) is 0 Å². The molecule has 0 spiro atoms. The Hall–Kier alpha value is -0.940. The van der Waals surface area contributed by atoms with Gasteiger partial charge in [0.15, 0.2) is 5.82 Å². The molecule has 0 aliphatic rings. The van der Waals surface area contributed by atoms with Gasteiger partial charge in [-0.05, 0) is 12.8 Å². The fraction of sp³-hybridized carbons (Fsp3) is 0.778. The largest absolute Gasteiger partial charge is 0.374 e. The summed E-state index contributed by atoms with van der Waals surface area (Å²) < 4.78 is 10.2. The highest BCUT2D eigenvalue weighted by Gasteiger charge is 2.17. The Bertz CT molecular complexity index is 273. The van der Waals surface area contributed by atoms with Gasteiger partial charge in [0.2, 0.25) is 5.89 Å². The molecule has 0 aliphatic carbocycles. The van der Waals surface area contributed by atoms with Crippen molar-refractivity contribution in [2.45, 2.75) is 33.4 Å². The highest BCUT2D eigenvalue weighted by molar-refractivity contribution is 4.91. The van der Waals surface area contributed by atoms with E-state index in [-0.39, 0.29) is 12.0 Å². The first-order valence-electron chi connectivity index (χ1n) is 4.81. The van der Waals surface area contributed by atoms with Crippen LogP contribution in [0.2, 0.25) is 0 Å². The summed E-state index contributed by atoms with van der Waals surface area (Å²) >= 11 is 0. The molecule has 0 aromatic carbocycles. The SMILES string of the molecule is CCOCc1noc([C@H](N)C(C)C)n1. The smallest absolute Gasteiger partial charge is 0.243 e. The molecule has 0 fully saturated rings. The van der Waals surface area contributed by atoms with Crippen LogP contribution in [0.1, 0.15) is 38.5 Å². The van der Waals surface area contributed by atoms with Crippen molar-refractivity contribution >= 4 is 0 Å². The second-order valence-electron chi connectivity index (χ2n) is 3.46. The van der Waals surface area contributed by atoms with E-state index in [2.05, 4.69) is 10.1 Å². The lowest BCUT2D eigenvalue weighted by molar-refractivity contribution is 0.126. The quantitative estimate of drug-likeness (QED) is 0.772. The van der Waals surface area contributed by atoms with E-state index in [4.69, 9.17) is 15.0 Å². The molecule has 0 saturated heterocycles. The zero-order valence-electron chi connectivity index (χ0n) is 8.86. The number of nitrogens with zero attached hydrogens (tertiary/aromatic N) is 2. The van der Waals surface area contributed by atoms with Gasteiger partial charge in [-0.1, -0.05) is 19.0 Å². The van der Waals surface area contributed by atoms with E-state index >= 15 is 0 Å². The van der Waals surface area contributed by atoms with Gasteiger partial charge in [0.25, 0.3) is 0 Å². The van der Waals surface area contributed by atoms with E-state index in [1.165, 1.54) is 0 Å². The van der Waals surface area contributed by atoms with Crippen molar-refractivity contribution in [2.75, 3.05) is 6.61 Å². The molecule has 1 aromatic rings. The minimum atomic E-state index is -0.196. The third-order valence-electron chi connectivity index (χ3n) is 1.92. The van der Waals surface area contributed by atoms with Crippen LogP contribution < -0.4 is 5.73 Å². The fourth-order valence-electron chi connectivity index (χ4n) is 0.940. The topological polar surface area (TPSA) is 74.2 Å². The molecule has 1 rings (SSSR count). The van der Waals surface area contributed by atoms with Crippen LogP contribution in [0.4, 0.5) is 0 Å². The standard InChI is InChI=1S/C9H17N3O2/c1-4-13-5-7-11-9(14-12-7)8(10)6(2)3/h6,8H,4-5,10H2,1-3H3/t8-/m1/s1. The first-order chi connectivity index (χ1) is 6.65. The molecular weight excluding hydrogens is 182 g/mol. The zero-order chi connectivity index (χ0) is 10.6. The monoisotopic (exact) mass is 199 g/mol. The third kappa shape index (κ3) is 2.78. The van der Waals surface area contributed by atoms with Crippen molar-refractivity contribution in [3.05, 3.63) is 11.7 Å². The molecule has 1 heterocycles. The average molecular weight is 199 g/mol. The van der Waals surface area contributed by atoms with Crippen LogP contribution in [-0.4, -0.2) is 16.7 Å². The van der Waals surface area contributed by atoms with Crippen LogP contribution in [0.5, 0.6) is 0 Å². The van der Waals surface area contributed by atoms with Crippen molar-refractivity contribution in [3.63, 3.8) is 0 Å². The number of nitrogens with two attached hydrogens (primary N) is 1. The summed E-state index contributed by atoms with van der Waals surface area (Å²) in [6.45, 7) is 6.96. The lowest BCUT2D eigenvalue weighted by Gasteiger charge is -2.09. The molecule has 0 unspecified atom stereocenters. The Kier molecular flexibility index (Phi) is 4.03. The third-order valence-corrected chi connectivity index (χ3v) is 1.92. The molecule has 14 heavy (non-hydrogen) atoms. The summed E-state index contributed by atoms with van der Waals surface area (Å²) in [6, 6.07) is -0.196. The van der Waals surface area contributed by atoms with Gasteiger partial charge in [0.05, 0.1) is 6.04 Å². The lowest BCUT2D eigenvalue weighted by Crippen LogP contribution is -2.17. The second-order valence-corrected chi connectivity index (χ2v) is 3.46. The number of aromatic nitrogens is 2. The summed E-state index contributed by atoms with van der Waals surface area (Å²) in [5, 5.41) is 3.77. The van der Waals surface area contributed by atoms with Crippen LogP contribution in [0.25, 0.3) is 0 Å². The normalized spacial score (nSPS) is 13.5. The maximum absolute atomic E-state index is 5.84. The molecule has 0 radical (unpaired) electrons. The Morgan fingerprint density at radius 1 is 1.50 bits per heavy atom. The summed E-state index contributed by atoms with van der Waals surface area (Å²) in [5.74, 6) is 1.32. The predicted octanol–water partition coefficient (Wildman–Crippen LogP) is 1.26. The zero-order valence-corrected chi connectivity index (χ0v) is 8.86. The van der Waals surface area contributed by atoms with E-state index in [1.54, 1.807) is 0 Å². The number of hydrogen-bond donors (Lipinski definition) is 1. The molecule has 1 aromatic heterocycles. The Labute approximate surface area is 83.6 Å². The second kappa shape index (κ2) is 5.07. The molecule has 1 atom stereocenters. The minimum Gasteiger partial charge on any atom is -0.374 e. The molecule has 0 saturated carbocycles. The van der Waals surface area contributed by atoms with Crippen LogP contribution >= 0.6 is 0 Å². The van der Waals surface area contributed by atoms with Gasteiger partial charge in [-0.3, -0.25) is 0 Å². The van der Waals surface area contributed by atoms with Crippen molar-refractivity contribution in [1.29, 1.82) is 0 Å². The molecule has 2 N–H and O–H groups in total. The summed E-state index contributed by atoms with van der Waals surface area (Å²) in [5.41, 5.74) is 5.84. The van der Waals surface area contributed by atoms with Crippen molar-refractivity contribution < 1.29 is 9.26 Å². The number of ether oxygens (including phenoxy) is 1. The highest BCUT2D eigenvalue weighted by atomic mass is 16.5. The average Bonchev–Trinajstić information content (AvgIpc) is 2.61. The summed E-state index contributed by atoms with van der Waals surface area (Å²) in [4.78, 5) is 4.14. The molecule has 0 amide bonds. The number of rotatable bonds is 5. The molecule has 80 valence electrons. The van der Waals surface area contributed by atoms with Crippen molar-refractivity contribution in [2.24, 2.45) is 11.7 Å². The van der Waals surface area contributed by atoms with Crippen LogP contribution in [0.3, 0.4) is 0 Å². The Balaban J connectivity index is 2.58. The summed E-state index contributed by atoms with van der Waals surface area (Å²) in [7, 11) is 0. The molecule has 0 bridgehead atoms. The minimum absolute atomic E-state index is 0.196. The van der Waals surface area contributed by atoms with Crippen LogP contribution in [-0.2, 0) is 11.3 Å². The molecular formula is C9H17N3O2. The number of hydrogen-bond acceptors (Lipinski definition) is 5. The van der Waals surface area contributed by atoms with Gasteiger partial charge in [-0.25, -0.2) is 0 Å². The van der Waals surface area contributed by atoms with E-state index < -0.39 is 0 Å². The molecule has 5 nitrogen and oxygen atoms in total. The molecule has 5 heteroatoms. The Morgan fingerprint density at radius 2 is 2.21 bits per heavy atom. The van der Waals surface area contributed by atoms with Gasteiger partial charge >= 0.3 is 0 Å². The molecule has 0 aliphatic heterocycles. The first kappa shape index (κ1) is 11.1. The van der Waals surface area contributed by atoms with Crippen LogP contribution in [0, 0.1) is 5.92 Å². The van der Waals surface area contributed by atoms with Crippen LogP contribution in [0.15, 0.2) is 4.52 Å². The fourth-order valence-corrected chi connectivity index (χ4v) is 0.940.